The molecule has 0 aliphatic rings. The molecule has 1 N–H and O–H groups in total. The number of hydrogen-bond acceptors (Lipinski definition) is 5. The van der Waals surface area contributed by atoms with Crippen LogP contribution in [0.2, 0.25) is 0 Å². The molecule has 0 fully saturated rings. The van der Waals surface area contributed by atoms with Crippen LogP contribution in [0.5, 0.6) is 11.5 Å². The maximum absolute atomic E-state index is 12.1. The van der Waals surface area contributed by atoms with Crippen molar-refractivity contribution in [1.82, 2.24) is 9.97 Å². The number of allylic oxidation sites excluding steroid dienone is 1. The Kier molecular flexibility index (Phi) is 4.56. The fourth-order valence-electron chi connectivity index (χ4n) is 1.98. The summed E-state index contributed by atoms with van der Waals surface area (Å²) in [6.45, 7) is 5.62. The third-order valence-electron chi connectivity index (χ3n) is 3.37. The Bertz CT molecular complexity index is 752. The van der Waals surface area contributed by atoms with E-state index < -0.39 is 0 Å². The van der Waals surface area contributed by atoms with Crippen molar-refractivity contribution in [3.05, 3.63) is 52.6 Å². The summed E-state index contributed by atoms with van der Waals surface area (Å²) in [7, 11) is 1.46. The Morgan fingerprint density at radius 3 is 2.45 bits per heavy atom. The summed E-state index contributed by atoms with van der Waals surface area (Å²) in [6, 6.07) is 4.53. The maximum atomic E-state index is 12.1. The lowest BCUT2D eigenvalue weighted by Crippen LogP contribution is -2.00. The van der Waals surface area contributed by atoms with Crippen molar-refractivity contribution in [3.63, 3.8) is 0 Å². The number of benzene rings is 1. The Hall–Kier alpha value is -2.69. The molecule has 1 heterocycles. The first-order chi connectivity index (χ1) is 10.4. The fraction of sp³-hybridized carbons (Fsp3) is 0.235. The van der Waals surface area contributed by atoms with Gasteiger partial charge in [-0.15, -0.1) is 0 Å². The van der Waals surface area contributed by atoms with Gasteiger partial charge in [-0.3, -0.25) is 9.78 Å². The summed E-state index contributed by atoms with van der Waals surface area (Å²) in [4.78, 5) is 20.9. The van der Waals surface area contributed by atoms with Crippen molar-refractivity contribution in [2.75, 3.05) is 7.11 Å². The van der Waals surface area contributed by atoms with Gasteiger partial charge in [-0.05, 0) is 51.1 Å². The van der Waals surface area contributed by atoms with E-state index in [1.807, 2.05) is 20.8 Å². The zero-order chi connectivity index (χ0) is 16.3. The Morgan fingerprint density at radius 1 is 1.14 bits per heavy atom. The first kappa shape index (κ1) is 15.7. The number of carbonyl (C=O) groups is 1. The van der Waals surface area contributed by atoms with Crippen LogP contribution in [0.15, 0.2) is 24.3 Å². The molecular formula is C17H18N2O3. The lowest BCUT2D eigenvalue weighted by molar-refractivity contribution is 0.104. The van der Waals surface area contributed by atoms with Crippen LogP contribution >= 0.6 is 0 Å². The summed E-state index contributed by atoms with van der Waals surface area (Å²) in [5.41, 5.74) is 3.52. The lowest BCUT2D eigenvalue weighted by Gasteiger charge is -2.05. The monoisotopic (exact) mass is 298 g/mol. The fourth-order valence-corrected chi connectivity index (χ4v) is 1.98. The number of aromatic nitrogens is 2. The van der Waals surface area contributed by atoms with E-state index >= 15 is 0 Å². The lowest BCUT2D eigenvalue weighted by atomic mass is 10.1. The van der Waals surface area contributed by atoms with Crippen molar-refractivity contribution in [3.8, 4) is 11.5 Å². The minimum absolute atomic E-state index is 0.0658. The number of rotatable bonds is 4. The highest BCUT2D eigenvalue weighted by Gasteiger charge is 2.08. The smallest absolute Gasteiger partial charge is 0.186 e. The summed E-state index contributed by atoms with van der Waals surface area (Å²) in [5.74, 6) is 0.0395. The van der Waals surface area contributed by atoms with Crippen molar-refractivity contribution >= 4 is 11.9 Å². The van der Waals surface area contributed by atoms with Crippen LogP contribution in [0.25, 0.3) is 6.08 Å². The number of ketones is 1. The van der Waals surface area contributed by atoms with Gasteiger partial charge >= 0.3 is 0 Å². The summed E-state index contributed by atoms with van der Waals surface area (Å²) >= 11 is 0. The highest BCUT2D eigenvalue weighted by atomic mass is 16.5. The number of hydrogen-bond donors (Lipinski definition) is 1. The van der Waals surface area contributed by atoms with Crippen LogP contribution in [0.1, 0.15) is 33.1 Å². The molecule has 0 saturated carbocycles. The predicted octanol–water partition coefficient (Wildman–Crippen LogP) is 3.01. The number of carbonyl (C=O) groups excluding carboxylic acids is 1. The van der Waals surface area contributed by atoms with Gasteiger partial charge in [0.05, 0.1) is 29.9 Å². The zero-order valence-electron chi connectivity index (χ0n) is 13.0. The first-order valence-electron chi connectivity index (χ1n) is 6.83. The van der Waals surface area contributed by atoms with Crippen molar-refractivity contribution in [2.24, 2.45) is 0 Å². The normalized spacial score (nSPS) is 10.9. The van der Waals surface area contributed by atoms with E-state index in [4.69, 9.17) is 4.74 Å². The van der Waals surface area contributed by atoms with E-state index in [2.05, 4.69) is 9.97 Å². The average Bonchev–Trinajstić information content (AvgIpc) is 2.49. The van der Waals surface area contributed by atoms with E-state index in [0.717, 1.165) is 17.1 Å². The van der Waals surface area contributed by atoms with Gasteiger partial charge in [-0.1, -0.05) is 0 Å². The van der Waals surface area contributed by atoms with Gasteiger partial charge in [0, 0.05) is 5.56 Å². The molecule has 0 aliphatic carbocycles. The summed E-state index contributed by atoms with van der Waals surface area (Å²) in [6.07, 6.45) is 3.06. The van der Waals surface area contributed by atoms with E-state index in [-0.39, 0.29) is 11.5 Å². The Morgan fingerprint density at radius 2 is 1.82 bits per heavy atom. The largest absolute Gasteiger partial charge is 0.504 e. The van der Waals surface area contributed by atoms with Crippen LogP contribution in [0.4, 0.5) is 0 Å². The minimum Gasteiger partial charge on any atom is -0.504 e. The zero-order valence-corrected chi connectivity index (χ0v) is 13.0. The van der Waals surface area contributed by atoms with Crippen molar-refractivity contribution < 1.29 is 14.6 Å². The summed E-state index contributed by atoms with van der Waals surface area (Å²) < 4.78 is 4.95. The summed E-state index contributed by atoms with van der Waals surface area (Å²) in [5, 5.41) is 9.71. The van der Waals surface area contributed by atoms with E-state index in [0.29, 0.717) is 17.0 Å². The molecule has 0 aliphatic heterocycles. The molecular weight excluding hydrogens is 280 g/mol. The van der Waals surface area contributed by atoms with Crippen LogP contribution in [-0.2, 0) is 0 Å². The Labute approximate surface area is 129 Å². The van der Waals surface area contributed by atoms with Crippen LogP contribution in [-0.4, -0.2) is 28.0 Å². The number of phenols is 1. The molecule has 5 heteroatoms. The van der Waals surface area contributed by atoms with Crippen molar-refractivity contribution in [2.45, 2.75) is 20.8 Å². The van der Waals surface area contributed by atoms with Gasteiger partial charge in [-0.2, -0.15) is 0 Å². The van der Waals surface area contributed by atoms with Crippen LogP contribution in [0.3, 0.4) is 0 Å². The third kappa shape index (κ3) is 3.31. The molecule has 0 radical (unpaired) electrons. The van der Waals surface area contributed by atoms with Gasteiger partial charge in [0.15, 0.2) is 17.3 Å². The molecule has 0 bridgehead atoms. The van der Waals surface area contributed by atoms with Crippen LogP contribution in [0, 0.1) is 20.8 Å². The maximum Gasteiger partial charge on any atom is 0.186 e. The molecule has 2 aromatic rings. The molecule has 2 rings (SSSR count). The predicted molar refractivity (Wildman–Crippen MR) is 84.3 cm³/mol. The highest BCUT2D eigenvalue weighted by Crippen LogP contribution is 2.26. The molecule has 0 spiro atoms. The third-order valence-corrected chi connectivity index (χ3v) is 3.37. The van der Waals surface area contributed by atoms with Gasteiger partial charge in [-0.25, -0.2) is 4.98 Å². The van der Waals surface area contributed by atoms with E-state index in [1.54, 1.807) is 18.2 Å². The topological polar surface area (TPSA) is 72.3 Å². The number of ether oxygens (including phenoxy) is 1. The molecule has 22 heavy (non-hydrogen) atoms. The van der Waals surface area contributed by atoms with Crippen LogP contribution < -0.4 is 4.74 Å². The van der Waals surface area contributed by atoms with Gasteiger partial charge < -0.3 is 9.84 Å². The molecule has 0 unspecified atom stereocenters. The molecule has 0 saturated heterocycles. The molecule has 0 atom stereocenters. The molecule has 5 nitrogen and oxygen atoms in total. The number of phenolic OH excluding ortho intramolecular Hbond substituents is 1. The minimum atomic E-state index is -0.225. The average molecular weight is 298 g/mol. The number of aryl methyl sites for hydroxylation is 3. The second-order valence-electron chi connectivity index (χ2n) is 4.95. The molecule has 114 valence electrons. The molecule has 1 aromatic carbocycles. The van der Waals surface area contributed by atoms with Gasteiger partial charge in [0.2, 0.25) is 0 Å². The second-order valence-corrected chi connectivity index (χ2v) is 4.95. The molecule has 1 aromatic heterocycles. The number of methoxy groups -OCH3 is 1. The number of aromatic hydroxyl groups is 1. The second kappa shape index (κ2) is 6.39. The SMILES string of the molecule is COc1ccc(C(=O)/C=C/c2nc(C)c(C)nc2C)cc1O. The van der Waals surface area contributed by atoms with E-state index in [1.165, 1.54) is 19.3 Å². The van der Waals surface area contributed by atoms with Gasteiger partial charge in [0.1, 0.15) is 0 Å². The highest BCUT2D eigenvalue weighted by molar-refractivity contribution is 6.07. The van der Waals surface area contributed by atoms with Gasteiger partial charge in [0.25, 0.3) is 0 Å². The van der Waals surface area contributed by atoms with Crippen molar-refractivity contribution in [1.29, 1.82) is 0 Å². The Balaban J connectivity index is 2.25. The molecule has 0 amide bonds. The van der Waals surface area contributed by atoms with E-state index in [9.17, 15) is 9.90 Å². The quantitative estimate of drug-likeness (QED) is 0.694. The number of nitrogens with zero attached hydrogens (tertiary/aromatic N) is 2. The first-order valence-corrected chi connectivity index (χ1v) is 6.83. The standard InChI is InChI=1S/C17H18N2O3/c1-10-11(2)19-14(12(3)18-10)6-7-15(20)13-5-8-17(22-4)16(21)9-13/h5-9,21H,1-4H3/b7-6+.